The number of rotatable bonds is 15. The van der Waals surface area contributed by atoms with Crippen molar-refractivity contribution in [3.05, 3.63) is 53.6 Å². The van der Waals surface area contributed by atoms with Crippen LogP contribution in [-0.2, 0) is 53.8 Å². The summed E-state index contributed by atoms with van der Waals surface area (Å²) in [6.07, 6.45) is -31.6. The zero-order valence-corrected chi connectivity index (χ0v) is 34.0. The third kappa shape index (κ3) is 11.2. The predicted molar refractivity (Wildman–Crippen MR) is 206 cm³/mol. The molecule has 0 spiro atoms. The fraction of sp³-hybridized carbons (Fsp3) is 0.625. The first-order chi connectivity index (χ1) is 30.4. The first kappa shape index (κ1) is 49.6. The van der Waals surface area contributed by atoms with Crippen LogP contribution < -0.4 is 0 Å². The highest BCUT2D eigenvalue weighted by Gasteiger charge is 2.57. The van der Waals surface area contributed by atoms with E-state index in [1.165, 1.54) is 37.3 Å². The van der Waals surface area contributed by atoms with E-state index < -0.39 is 166 Å². The largest absolute Gasteiger partial charge is 0.504 e. The lowest BCUT2D eigenvalue weighted by molar-refractivity contribution is -0.400. The van der Waals surface area contributed by atoms with E-state index in [2.05, 4.69) is 0 Å². The quantitative estimate of drug-likeness (QED) is 0.0453. The number of ether oxygens (including phenoxy) is 9. The second kappa shape index (κ2) is 21.6. The molecule has 4 saturated heterocycles. The van der Waals surface area contributed by atoms with Gasteiger partial charge in [-0.3, -0.25) is 0 Å². The smallest absolute Gasteiger partial charge is 0.331 e. The lowest BCUT2D eigenvalue weighted by Crippen LogP contribution is -2.68. The van der Waals surface area contributed by atoms with Gasteiger partial charge in [-0.2, -0.15) is 0 Å². The molecule has 0 amide bonds. The third-order valence-electron chi connectivity index (χ3n) is 11.1. The maximum atomic E-state index is 13.6. The molecule has 4 aliphatic heterocycles. The summed E-state index contributed by atoms with van der Waals surface area (Å²) in [4.78, 5) is 13.6. The van der Waals surface area contributed by atoms with Crippen molar-refractivity contribution >= 4 is 12.0 Å². The molecule has 4 heterocycles. The normalized spacial score (nSPS) is 39.5. The summed E-state index contributed by atoms with van der Waals surface area (Å²) in [5.74, 6) is -2.92. The van der Waals surface area contributed by atoms with Gasteiger partial charge in [0.15, 0.2) is 54.3 Å². The Morgan fingerprint density at radius 3 is 1.92 bits per heavy atom. The number of hydrogen-bond acceptors (Lipinski definition) is 24. The summed E-state index contributed by atoms with van der Waals surface area (Å²) < 4.78 is 53.3. The van der Waals surface area contributed by atoms with Gasteiger partial charge >= 0.3 is 5.97 Å². The van der Waals surface area contributed by atoms with Gasteiger partial charge in [-0.15, -0.1) is 0 Å². The van der Waals surface area contributed by atoms with Crippen LogP contribution in [0.5, 0.6) is 23.0 Å². The van der Waals surface area contributed by atoms with E-state index >= 15 is 0 Å². The number of aliphatic hydroxyl groups is 10. The van der Waals surface area contributed by atoms with Gasteiger partial charge in [0.2, 0.25) is 0 Å². The van der Waals surface area contributed by atoms with Crippen molar-refractivity contribution < 1.29 is 119 Å². The van der Waals surface area contributed by atoms with Crippen LogP contribution in [0.1, 0.15) is 18.1 Å². The van der Waals surface area contributed by atoms with Crippen LogP contribution >= 0.6 is 0 Å². The van der Waals surface area contributed by atoms with Crippen molar-refractivity contribution in [1.29, 1.82) is 0 Å². The van der Waals surface area contributed by atoms with Gasteiger partial charge in [-0.05, 0) is 54.8 Å². The van der Waals surface area contributed by atoms with E-state index in [1.54, 1.807) is 0 Å². The highest BCUT2D eigenvalue weighted by molar-refractivity contribution is 5.87. The van der Waals surface area contributed by atoms with Crippen LogP contribution in [-0.4, -0.2) is 221 Å². The number of phenolic OH excluding ortho intramolecular Hbond substituents is 4. The number of phenols is 4. The molecule has 2 aromatic rings. The molecule has 0 unspecified atom stereocenters. The summed E-state index contributed by atoms with van der Waals surface area (Å²) in [5, 5.41) is 146. The van der Waals surface area contributed by atoms with E-state index in [1.807, 2.05) is 0 Å². The fourth-order valence-corrected chi connectivity index (χ4v) is 7.40. The molecule has 4 fully saturated rings. The Labute approximate surface area is 363 Å². The lowest BCUT2D eigenvalue weighted by Gasteiger charge is -2.50. The van der Waals surface area contributed by atoms with E-state index in [0.717, 1.165) is 18.2 Å². The Bertz CT molecular complexity index is 1870. The van der Waals surface area contributed by atoms with E-state index in [0.29, 0.717) is 5.56 Å². The number of benzene rings is 2. The molecule has 24 heteroatoms. The second-order valence-electron chi connectivity index (χ2n) is 15.6. The number of carbonyl (C=O) groups is 1. The summed E-state index contributed by atoms with van der Waals surface area (Å²) in [7, 11) is 0. The van der Waals surface area contributed by atoms with Gasteiger partial charge in [0, 0.05) is 6.08 Å². The Hall–Kier alpha value is -3.87. The molecule has 0 saturated carbocycles. The minimum absolute atomic E-state index is 0.0271. The average Bonchev–Trinajstić information content (AvgIpc) is 3.27. The Morgan fingerprint density at radius 1 is 0.625 bits per heavy atom. The van der Waals surface area contributed by atoms with Gasteiger partial charge in [0.1, 0.15) is 79.4 Å². The third-order valence-corrected chi connectivity index (χ3v) is 11.1. The standard InChI is InChI=1S/C40H54O24/c1-15-26(49)30(53)34(62-37-31(54)27(50)22(47)14-57-37)40(58-15)63-35-33(61-25(48)7-4-16-2-5-18(43)20(45)10-16)24(13-42)60-39(56-9-8-17-3-6-19(44)21(46)11-17)36(35)64-38-32(55)29(52)28(51)23(12-41)59-38/h2-7,10-11,15,22-24,26-47,49-55H,8-9,12-14H2,1H3/b7-4-/t15-,22-,23+,24+,26-,27-,28+,29-,30+,31+,32+,33+,34+,35-,36+,37-,38-,39+,40-/m0/s1. The minimum atomic E-state index is -2.05. The maximum absolute atomic E-state index is 13.6. The van der Waals surface area contributed by atoms with E-state index in [-0.39, 0.29) is 18.6 Å². The second-order valence-corrected chi connectivity index (χ2v) is 15.6. The zero-order valence-electron chi connectivity index (χ0n) is 34.0. The number of carbonyl (C=O) groups excluding carboxylic acids is 1. The van der Waals surface area contributed by atoms with Gasteiger partial charge in [0.25, 0.3) is 0 Å². The SMILES string of the molecule is C[C@@H]1O[C@@H](O[C@@H]2[C@@H](O[C@@H]3O[C@H](CO)[C@@H](O)[C@H](O)[C@H]3O)[C@H](OCCc3ccc(O)c(O)c3)O[C@H](CO)[C@H]2OC(=O)/C=C\c2ccc(O)c(O)c2)[C@H](O[C@@H]2OC[C@H](O)[C@H](O)[C@H]2O)[C@H](O)[C@H]1O. The fourth-order valence-electron chi connectivity index (χ4n) is 7.40. The molecular weight excluding hydrogens is 864 g/mol. The molecule has 6 rings (SSSR count). The summed E-state index contributed by atoms with van der Waals surface area (Å²) >= 11 is 0. The lowest BCUT2D eigenvalue weighted by atomic mass is 9.95. The topological polar surface area (TPSA) is 383 Å². The average molecular weight is 919 g/mol. The predicted octanol–water partition coefficient (Wildman–Crippen LogP) is -4.73. The first-order valence-corrected chi connectivity index (χ1v) is 20.2. The van der Waals surface area contributed by atoms with Crippen molar-refractivity contribution in [3.8, 4) is 23.0 Å². The van der Waals surface area contributed by atoms with Gasteiger partial charge in [-0.1, -0.05) is 12.1 Å². The van der Waals surface area contributed by atoms with Crippen molar-refractivity contribution in [2.45, 2.75) is 130 Å². The van der Waals surface area contributed by atoms with Crippen LogP contribution in [0.3, 0.4) is 0 Å². The Morgan fingerprint density at radius 2 is 1.25 bits per heavy atom. The number of esters is 1. The van der Waals surface area contributed by atoms with E-state index in [9.17, 15) is 76.3 Å². The van der Waals surface area contributed by atoms with Crippen LogP contribution in [0.4, 0.5) is 0 Å². The van der Waals surface area contributed by atoms with Crippen LogP contribution in [0.2, 0.25) is 0 Å². The molecular formula is C40H54O24. The summed E-state index contributed by atoms with van der Waals surface area (Å²) in [6, 6.07) is 7.59. The molecule has 2 aromatic carbocycles. The zero-order chi connectivity index (χ0) is 46.6. The van der Waals surface area contributed by atoms with Crippen LogP contribution in [0.25, 0.3) is 6.08 Å². The van der Waals surface area contributed by atoms with Crippen LogP contribution in [0.15, 0.2) is 42.5 Å². The van der Waals surface area contributed by atoms with E-state index in [4.69, 9.17) is 42.6 Å². The molecule has 0 aromatic heterocycles. The molecule has 24 nitrogen and oxygen atoms in total. The number of aliphatic hydroxyl groups excluding tert-OH is 10. The molecule has 4 aliphatic rings. The number of aromatic hydroxyl groups is 4. The molecule has 0 bridgehead atoms. The van der Waals surface area contributed by atoms with Crippen molar-refractivity contribution in [3.63, 3.8) is 0 Å². The maximum Gasteiger partial charge on any atom is 0.331 e. The molecule has 19 atom stereocenters. The minimum Gasteiger partial charge on any atom is -0.504 e. The highest BCUT2D eigenvalue weighted by Crippen LogP contribution is 2.37. The van der Waals surface area contributed by atoms with Gasteiger partial charge in [-0.25, -0.2) is 4.79 Å². The van der Waals surface area contributed by atoms with Crippen molar-refractivity contribution in [2.75, 3.05) is 26.4 Å². The monoisotopic (exact) mass is 918 g/mol. The highest BCUT2D eigenvalue weighted by atomic mass is 16.8. The molecule has 358 valence electrons. The Kier molecular flexibility index (Phi) is 16.7. The molecule has 64 heavy (non-hydrogen) atoms. The number of hydrogen-bond donors (Lipinski definition) is 14. The van der Waals surface area contributed by atoms with Crippen molar-refractivity contribution in [2.24, 2.45) is 0 Å². The summed E-state index contributed by atoms with van der Waals surface area (Å²) in [5.41, 5.74) is 0.672. The van der Waals surface area contributed by atoms with Crippen LogP contribution in [0, 0.1) is 0 Å². The van der Waals surface area contributed by atoms with Crippen molar-refractivity contribution in [1.82, 2.24) is 0 Å². The Balaban J connectivity index is 1.39. The van der Waals surface area contributed by atoms with Gasteiger partial charge in [0.05, 0.1) is 32.5 Å². The molecule has 0 aliphatic carbocycles. The molecule has 0 radical (unpaired) electrons. The van der Waals surface area contributed by atoms with Gasteiger partial charge < -0.3 is 114 Å². The molecule has 14 N–H and O–H groups in total. The first-order valence-electron chi connectivity index (χ1n) is 20.2. The summed E-state index contributed by atoms with van der Waals surface area (Å²) in [6.45, 7) is -1.29.